The second kappa shape index (κ2) is 4.53. The molecule has 0 saturated heterocycles. The average molecular weight is 154 g/mol. The van der Waals surface area contributed by atoms with Crippen LogP contribution >= 0.6 is 0 Å². The van der Waals surface area contributed by atoms with Crippen molar-refractivity contribution in [1.29, 1.82) is 0 Å². The fourth-order valence-electron chi connectivity index (χ4n) is 1.40. The van der Waals surface area contributed by atoms with E-state index in [1.165, 1.54) is 19.3 Å². The fraction of sp³-hybridized carbons (Fsp3) is 0.900. The van der Waals surface area contributed by atoms with Crippen molar-refractivity contribution in [3.05, 3.63) is 0 Å². The van der Waals surface area contributed by atoms with E-state index in [1.54, 1.807) is 0 Å². The molecule has 0 atom stereocenters. The molecule has 0 spiro atoms. The van der Waals surface area contributed by atoms with Crippen molar-refractivity contribution in [2.75, 3.05) is 0 Å². The molecular formula is C10H18O. The smallest absolute Gasteiger partial charge is 0.132 e. The van der Waals surface area contributed by atoms with Gasteiger partial charge in [-0.3, -0.25) is 4.79 Å². The predicted octanol–water partition coefficient (Wildman–Crippen LogP) is 2.94. The molecule has 0 aromatic heterocycles. The lowest BCUT2D eigenvalue weighted by atomic mass is 10.1. The Kier molecular flexibility index (Phi) is 3.61. The molecule has 1 aliphatic rings. The molecule has 1 saturated carbocycles. The molecule has 0 aromatic rings. The second-order valence-corrected chi connectivity index (χ2v) is 3.62. The zero-order valence-corrected chi connectivity index (χ0v) is 7.44. The summed E-state index contributed by atoms with van der Waals surface area (Å²) in [5.74, 6) is 1.46. The van der Waals surface area contributed by atoms with Gasteiger partial charge in [-0.15, -0.1) is 0 Å². The highest BCUT2D eigenvalue weighted by molar-refractivity contribution is 5.78. The summed E-state index contributed by atoms with van der Waals surface area (Å²) in [6.45, 7) is 2.07. The molecule has 0 N–H and O–H groups in total. The molecule has 1 nitrogen and oxygen atoms in total. The van der Waals surface area contributed by atoms with E-state index in [-0.39, 0.29) is 0 Å². The van der Waals surface area contributed by atoms with E-state index in [2.05, 4.69) is 6.92 Å². The van der Waals surface area contributed by atoms with Crippen molar-refractivity contribution in [2.24, 2.45) is 5.92 Å². The number of carbonyl (C=O) groups excluding carboxylic acids is 1. The minimum absolute atomic E-state index is 0.466. The number of hydrogen-bond acceptors (Lipinski definition) is 1. The standard InChI is InChI=1S/C10H18O/c1-2-4-10(11)6-3-5-9-7-8-9/h9H,2-8H2,1H3. The monoisotopic (exact) mass is 154 g/mol. The maximum absolute atomic E-state index is 11.0. The van der Waals surface area contributed by atoms with Crippen LogP contribution in [0, 0.1) is 5.92 Å². The first-order chi connectivity index (χ1) is 5.33. The van der Waals surface area contributed by atoms with E-state index in [4.69, 9.17) is 0 Å². The van der Waals surface area contributed by atoms with E-state index >= 15 is 0 Å². The first kappa shape index (κ1) is 8.76. The van der Waals surface area contributed by atoms with Gasteiger partial charge in [0.1, 0.15) is 5.78 Å². The summed E-state index contributed by atoms with van der Waals surface area (Å²) in [5, 5.41) is 0. The number of hydrogen-bond donors (Lipinski definition) is 0. The lowest BCUT2D eigenvalue weighted by Crippen LogP contribution is -1.96. The van der Waals surface area contributed by atoms with Crippen molar-refractivity contribution in [3.8, 4) is 0 Å². The second-order valence-electron chi connectivity index (χ2n) is 3.62. The van der Waals surface area contributed by atoms with Crippen LogP contribution in [0.25, 0.3) is 0 Å². The molecule has 0 heterocycles. The van der Waals surface area contributed by atoms with Gasteiger partial charge < -0.3 is 0 Å². The maximum Gasteiger partial charge on any atom is 0.132 e. The van der Waals surface area contributed by atoms with Crippen molar-refractivity contribution in [3.63, 3.8) is 0 Å². The third kappa shape index (κ3) is 4.18. The van der Waals surface area contributed by atoms with Gasteiger partial charge in [0.05, 0.1) is 0 Å². The van der Waals surface area contributed by atoms with Crippen molar-refractivity contribution < 1.29 is 4.79 Å². The van der Waals surface area contributed by atoms with E-state index in [9.17, 15) is 4.79 Å². The fourth-order valence-corrected chi connectivity index (χ4v) is 1.40. The number of carbonyl (C=O) groups is 1. The molecule has 0 aliphatic heterocycles. The van der Waals surface area contributed by atoms with Gasteiger partial charge in [0, 0.05) is 12.8 Å². The highest BCUT2D eigenvalue weighted by atomic mass is 16.1. The SMILES string of the molecule is CCCC(=O)CCCC1CC1. The Hall–Kier alpha value is -0.330. The van der Waals surface area contributed by atoms with Gasteiger partial charge in [-0.1, -0.05) is 26.2 Å². The Morgan fingerprint density at radius 2 is 2.09 bits per heavy atom. The molecule has 11 heavy (non-hydrogen) atoms. The average Bonchev–Trinajstić information content (AvgIpc) is 2.72. The highest BCUT2D eigenvalue weighted by Crippen LogP contribution is 2.33. The Morgan fingerprint density at radius 3 is 2.64 bits per heavy atom. The third-order valence-electron chi connectivity index (χ3n) is 2.29. The third-order valence-corrected chi connectivity index (χ3v) is 2.29. The Labute approximate surface area is 69.2 Å². The van der Waals surface area contributed by atoms with Gasteiger partial charge >= 0.3 is 0 Å². The summed E-state index contributed by atoms with van der Waals surface area (Å²) in [4.78, 5) is 11.0. The Morgan fingerprint density at radius 1 is 1.36 bits per heavy atom. The first-order valence-electron chi connectivity index (χ1n) is 4.84. The largest absolute Gasteiger partial charge is 0.300 e. The van der Waals surface area contributed by atoms with E-state index in [0.717, 1.165) is 31.6 Å². The number of rotatable bonds is 6. The van der Waals surface area contributed by atoms with Crippen LogP contribution in [0.1, 0.15) is 51.9 Å². The summed E-state index contributed by atoms with van der Waals surface area (Å²) in [6.07, 6.45) is 7.93. The normalized spacial score (nSPS) is 16.8. The van der Waals surface area contributed by atoms with Crippen LogP contribution in [-0.4, -0.2) is 5.78 Å². The van der Waals surface area contributed by atoms with Crippen LogP contribution in [0.4, 0.5) is 0 Å². The molecule has 0 unspecified atom stereocenters. The molecule has 0 radical (unpaired) electrons. The predicted molar refractivity (Wildman–Crippen MR) is 46.5 cm³/mol. The molecule has 64 valence electrons. The van der Waals surface area contributed by atoms with E-state index in [1.807, 2.05) is 0 Å². The summed E-state index contributed by atoms with van der Waals surface area (Å²) in [6, 6.07) is 0. The zero-order valence-electron chi connectivity index (χ0n) is 7.44. The molecule has 1 heteroatoms. The molecule has 1 aliphatic carbocycles. The van der Waals surface area contributed by atoms with Gasteiger partial charge in [0.25, 0.3) is 0 Å². The molecule has 1 rings (SSSR count). The van der Waals surface area contributed by atoms with Gasteiger partial charge in [0.2, 0.25) is 0 Å². The molecule has 0 aromatic carbocycles. The van der Waals surface area contributed by atoms with Gasteiger partial charge in [-0.05, 0) is 18.8 Å². The van der Waals surface area contributed by atoms with Crippen molar-refractivity contribution >= 4 is 5.78 Å². The van der Waals surface area contributed by atoms with Crippen LogP contribution in [-0.2, 0) is 4.79 Å². The van der Waals surface area contributed by atoms with Gasteiger partial charge in [-0.25, -0.2) is 0 Å². The first-order valence-corrected chi connectivity index (χ1v) is 4.84. The molecular weight excluding hydrogens is 136 g/mol. The minimum Gasteiger partial charge on any atom is -0.300 e. The lowest BCUT2D eigenvalue weighted by Gasteiger charge is -1.97. The van der Waals surface area contributed by atoms with Crippen molar-refractivity contribution in [2.45, 2.75) is 51.9 Å². The van der Waals surface area contributed by atoms with Gasteiger partial charge in [-0.2, -0.15) is 0 Å². The lowest BCUT2D eigenvalue weighted by molar-refractivity contribution is -0.119. The molecule has 1 fully saturated rings. The molecule has 0 bridgehead atoms. The highest BCUT2D eigenvalue weighted by Gasteiger charge is 2.20. The Bertz CT molecular complexity index is 125. The number of Topliss-reactive ketones (excluding diaryl/α,β-unsaturated/α-hetero) is 1. The van der Waals surface area contributed by atoms with Crippen molar-refractivity contribution in [1.82, 2.24) is 0 Å². The van der Waals surface area contributed by atoms with Crippen LogP contribution < -0.4 is 0 Å². The van der Waals surface area contributed by atoms with E-state index < -0.39 is 0 Å². The van der Waals surface area contributed by atoms with Crippen LogP contribution in [0.5, 0.6) is 0 Å². The zero-order chi connectivity index (χ0) is 8.10. The summed E-state index contributed by atoms with van der Waals surface area (Å²) in [7, 11) is 0. The van der Waals surface area contributed by atoms with Gasteiger partial charge in [0.15, 0.2) is 0 Å². The summed E-state index contributed by atoms with van der Waals surface area (Å²) >= 11 is 0. The number of ketones is 1. The minimum atomic E-state index is 0.466. The summed E-state index contributed by atoms with van der Waals surface area (Å²) in [5.41, 5.74) is 0. The van der Waals surface area contributed by atoms with Crippen LogP contribution in [0.3, 0.4) is 0 Å². The van der Waals surface area contributed by atoms with E-state index in [0.29, 0.717) is 5.78 Å². The maximum atomic E-state index is 11.0. The van der Waals surface area contributed by atoms with Crippen LogP contribution in [0.15, 0.2) is 0 Å². The van der Waals surface area contributed by atoms with Crippen LogP contribution in [0.2, 0.25) is 0 Å². The summed E-state index contributed by atoms with van der Waals surface area (Å²) < 4.78 is 0. The quantitative estimate of drug-likeness (QED) is 0.575. The molecule has 0 amide bonds. The topological polar surface area (TPSA) is 17.1 Å². The Balaban J connectivity index is 1.88.